The van der Waals surface area contributed by atoms with Crippen molar-refractivity contribution in [2.24, 2.45) is 5.10 Å². The third-order valence-electron chi connectivity index (χ3n) is 5.35. The average molecular weight is 466 g/mol. The zero-order valence-electron chi connectivity index (χ0n) is 19.0. The number of fused-ring (bicyclic) bond motifs is 1. The number of nitriles is 1. The molecule has 1 aromatic heterocycles. The second kappa shape index (κ2) is 10.4. The van der Waals surface area contributed by atoms with E-state index in [1.807, 2.05) is 18.2 Å². The molecule has 0 unspecified atom stereocenters. The van der Waals surface area contributed by atoms with Crippen molar-refractivity contribution < 1.29 is 9.47 Å². The fourth-order valence-electron chi connectivity index (χ4n) is 3.67. The molecule has 1 heterocycles. The fourth-order valence-corrected chi connectivity index (χ4v) is 3.67. The molecule has 0 aliphatic carbocycles. The molecule has 0 aliphatic heterocycles. The van der Waals surface area contributed by atoms with Crippen LogP contribution in [0.3, 0.4) is 0 Å². The molecule has 3 aromatic carbocycles. The number of aromatic nitrogens is 2. The van der Waals surface area contributed by atoms with Crippen LogP contribution in [0.2, 0.25) is 0 Å². The molecule has 4 rings (SSSR count). The molecule has 0 bridgehead atoms. The highest BCUT2D eigenvalue weighted by atomic mass is 16.5. The molecular weight excluding hydrogens is 444 g/mol. The average Bonchev–Trinajstić information content (AvgIpc) is 2.88. The van der Waals surface area contributed by atoms with Gasteiger partial charge in [-0.1, -0.05) is 36.4 Å². The van der Waals surface area contributed by atoms with Gasteiger partial charge in [-0.25, -0.2) is 4.79 Å². The van der Waals surface area contributed by atoms with Crippen molar-refractivity contribution in [2.45, 2.75) is 13.0 Å². The van der Waals surface area contributed by atoms with Crippen LogP contribution in [-0.2, 0) is 13.0 Å². The van der Waals surface area contributed by atoms with Gasteiger partial charge in [-0.2, -0.15) is 10.4 Å². The highest BCUT2D eigenvalue weighted by Crippen LogP contribution is 2.34. The minimum atomic E-state index is -0.639. The van der Waals surface area contributed by atoms with Crippen LogP contribution >= 0.6 is 0 Å². The molecule has 174 valence electrons. The van der Waals surface area contributed by atoms with Crippen molar-refractivity contribution in [1.82, 2.24) is 9.66 Å². The van der Waals surface area contributed by atoms with Crippen LogP contribution in [0.15, 0.2) is 88.0 Å². The summed E-state index contributed by atoms with van der Waals surface area (Å²) < 4.78 is 12.4. The number of rotatable bonds is 8. The lowest BCUT2D eigenvalue weighted by Gasteiger charge is -2.16. The molecule has 0 amide bonds. The van der Waals surface area contributed by atoms with Crippen molar-refractivity contribution in [3.05, 3.63) is 116 Å². The first-order chi connectivity index (χ1) is 17.0. The van der Waals surface area contributed by atoms with Crippen LogP contribution in [-0.4, -0.2) is 23.0 Å². The maximum atomic E-state index is 12.7. The van der Waals surface area contributed by atoms with E-state index in [2.05, 4.69) is 22.7 Å². The van der Waals surface area contributed by atoms with Crippen molar-refractivity contribution >= 4 is 17.1 Å². The van der Waals surface area contributed by atoms with Gasteiger partial charge in [0.25, 0.3) is 5.56 Å². The van der Waals surface area contributed by atoms with Crippen molar-refractivity contribution in [1.29, 1.82) is 5.26 Å². The Bertz CT molecular complexity index is 1590. The second-order valence-corrected chi connectivity index (χ2v) is 7.60. The van der Waals surface area contributed by atoms with Gasteiger partial charge in [0.2, 0.25) is 0 Å². The van der Waals surface area contributed by atoms with E-state index in [4.69, 9.17) is 9.47 Å². The van der Waals surface area contributed by atoms with E-state index in [-0.39, 0.29) is 6.61 Å². The zero-order chi connectivity index (χ0) is 24.8. The summed E-state index contributed by atoms with van der Waals surface area (Å²) in [6.07, 6.45) is 3.61. The maximum Gasteiger partial charge on any atom is 0.349 e. The van der Waals surface area contributed by atoms with E-state index in [1.54, 1.807) is 48.5 Å². The SMILES string of the molecule is C=CCc1cc(C=Nn2c(=O)[nH]c3ccccc3c2=O)cc(OC)c1OCc1ccccc1C#N. The van der Waals surface area contributed by atoms with E-state index in [0.717, 1.165) is 15.8 Å². The Kier molecular flexibility index (Phi) is 6.88. The highest BCUT2D eigenvalue weighted by molar-refractivity contribution is 5.82. The van der Waals surface area contributed by atoms with Gasteiger partial charge in [0, 0.05) is 11.1 Å². The Morgan fingerprint density at radius 1 is 1.11 bits per heavy atom. The largest absolute Gasteiger partial charge is 0.493 e. The topological polar surface area (TPSA) is 109 Å². The zero-order valence-corrected chi connectivity index (χ0v) is 19.0. The van der Waals surface area contributed by atoms with E-state index in [0.29, 0.717) is 39.9 Å². The second-order valence-electron chi connectivity index (χ2n) is 7.60. The molecule has 0 aliphatic rings. The quantitative estimate of drug-likeness (QED) is 0.314. The summed E-state index contributed by atoms with van der Waals surface area (Å²) in [7, 11) is 1.52. The van der Waals surface area contributed by atoms with Gasteiger partial charge < -0.3 is 14.5 Å². The fraction of sp³-hybridized carbons (Fsp3) is 0.111. The summed E-state index contributed by atoms with van der Waals surface area (Å²) in [5.41, 5.74) is 1.95. The number of nitrogens with one attached hydrogen (secondary N) is 1. The molecule has 35 heavy (non-hydrogen) atoms. The number of hydrogen-bond donors (Lipinski definition) is 1. The van der Waals surface area contributed by atoms with Crippen LogP contribution in [0.1, 0.15) is 22.3 Å². The third kappa shape index (κ3) is 4.89. The third-order valence-corrected chi connectivity index (χ3v) is 5.35. The number of aromatic amines is 1. The lowest BCUT2D eigenvalue weighted by atomic mass is 10.1. The molecule has 0 saturated carbocycles. The van der Waals surface area contributed by atoms with Gasteiger partial charge >= 0.3 is 5.69 Å². The van der Waals surface area contributed by atoms with Crippen LogP contribution in [0.5, 0.6) is 11.5 Å². The number of allylic oxidation sites excluding steroid dienone is 1. The maximum absolute atomic E-state index is 12.7. The van der Waals surface area contributed by atoms with E-state index < -0.39 is 11.2 Å². The molecule has 8 heteroatoms. The minimum Gasteiger partial charge on any atom is -0.493 e. The Labute approximate surface area is 201 Å². The van der Waals surface area contributed by atoms with Crippen LogP contribution in [0, 0.1) is 11.3 Å². The van der Waals surface area contributed by atoms with Gasteiger partial charge in [-0.05, 0) is 42.3 Å². The first kappa shape index (κ1) is 23.3. The van der Waals surface area contributed by atoms with Crippen LogP contribution in [0.25, 0.3) is 10.9 Å². The van der Waals surface area contributed by atoms with E-state index >= 15 is 0 Å². The predicted molar refractivity (Wildman–Crippen MR) is 134 cm³/mol. The minimum absolute atomic E-state index is 0.180. The number of H-pyrrole nitrogens is 1. The van der Waals surface area contributed by atoms with Gasteiger partial charge in [0.05, 0.1) is 35.9 Å². The number of methoxy groups -OCH3 is 1. The first-order valence-corrected chi connectivity index (χ1v) is 10.8. The van der Waals surface area contributed by atoms with Gasteiger partial charge in [-0.15, -0.1) is 11.3 Å². The van der Waals surface area contributed by atoms with Crippen molar-refractivity contribution in [3.8, 4) is 17.6 Å². The Hall–Kier alpha value is -4.90. The summed E-state index contributed by atoms with van der Waals surface area (Å²) >= 11 is 0. The summed E-state index contributed by atoms with van der Waals surface area (Å²) in [5, 5.41) is 13.8. The Morgan fingerprint density at radius 2 is 1.89 bits per heavy atom. The van der Waals surface area contributed by atoms with Gasteiger partial charge in [0.15, 0.2) is 11.5 Å². The predicted octanol–water partition coefficient (Wildman–Crippen LogP) is 3.76. The number of para-hydroxylation sites is 1. The number of nitrogens with zero attached hydrogens (tertiary/aromatic N) is 3. The Morgan fingerprint density at radius 3 is 2.66 bits per heavy atom. The van der Waals surface area contributed by atoms with E-state index in [9.17, 15) is 14.9 Å². The van der Waals surface area contributed by atoms with Crippen LogP contribution in [0.4, 0.5) is 0 Å². The molecular formula is C27H22N4O4. The normalized spacial score (nSPS) is 10.9. The molecule has 8 nitrogen and oxygen atoms in total. The van der Waals surface area contributed by atoms with Crippen molar-refractivity contribution in [2.75, 3.05) is 7.11 Å². The summed E-state index contributed by atoms with van der Waals surface area (Å²) in [5.74, 6) is 0.956. The lowest BCUT2D eigenvalue weighted by Crippen LogP contribution is -2.32. The van der Waals surface area contributed by atoms with Gasteiger partial charge in [0.1, 0.15) is 6.61 Å². The smallest absolute Gasteiger partial charge is 0.349 e. The van der Waals surface area contributed by atoms with Crippen molar-refractivity contribution in [3.63, 3.8) is 0 Å². The molecule has 0 saturated heterocycles. The number of ether oxygens (including phenoxy) is 2. The molecule has 4 aromatic rings. The molecule has 0 atom stereocenters. The summed E-state index contributed by atoms with van der Waals surface area (Å²) in [6, 6.07) is 19.6. The summed E-state index contributed by atoms with van der Waals surface area (Å²) in [4.78, 5) is 27.8. The van der Waals surface area contributed by atoms with Gasteiger partial charge in [-0.3, -0.25) is 4.79 Å². The number of hydrogen-bond acceptors (Lipinski definition) is 6. The lowest BCUT2D eigenvalue weighted by molar-refractivity contribution is 0.281. The molecule has 0 spiro atoms. The molecule has 1 N–H and O–H groups in total. The Balaban J connectivity index is 1.70. The molecule has 0 radical (unpaired) electrons. The monoisotopic (exact) mass is 466 g/mol. The first-order valence-electron chi connectivity index (χ1n) is 10.8. The van der Waals surface area contributed by atoms with Crippen LogP contribution < -0.4 is 20.7 Å². The summed E-state index contributed by atoms with van der Waals surface area (Å²) in [6.45, 7) is 3.99. The number of benzene rings is 3. The highest BCUT2D eigenvalue weighted by Gasteiger charge is 2.14. The molecule has 0 fully saturated rings. The standard InChI is InChI=1S/C27H22N4O4/c1-3-8-19-13-18(16-29-31-26(32)22-11-6-7-12-23(22)30-27(31)33)14-24(34-2)25(19)35-17-21-10-5-4-9-20(21)15-28/h3-7,9-14,16H,1,8,17H2,2H3,(H,30,33). The van der Waals surface area contributed by atoms with E-state index in [1.165, 1.54) is 13.3 Å².